The summed E-state index contributed by atoms with van der Waals surface area (Å²) in [5, 5.41) is 16.2. The highest BCUT2D eigenvalue weighted by atomic mass is 16.6. The van der Waals surface area contributed by atoms with E-state index in [1.54, 1.807) is 19.1 Å². The van der Waals surface area contributed by atoms with Crippen LogP contribution in [0.4, 0.5) is 11.4 Å². The first kappa shape index (κ1) is 12.2. The van der Waals surface area contributed by atoms with Gasteiger partial charge in [0.15, 0.2) is 0 Å². The summed E-state index contributed by atoms with van der Waals surface area (Å²) >= 11 is 0. The molecule has 0 radical (unpaired) electrons. The zero-order valence-corrected chi connectivity index (χ0v) is 10.2. The summed E-state index contributed by atoms with van der Waals surface area (Å²) in [5.74, 6) is -0.478. The molecule has 1 aliphatic heterocycles. The second kappa shape index (κ2) is 4.56. The van der Waals surface area contributed by atoms with Crippen LogP contribution in [0.2, 0.25) is 0 Å². The molecule has 18 heavy (non-hydrogen) atoms. The van der Waals surface area contributed by atoms with Crippen LogP contribution in [0.3, 0.4) is 0 Å². The number of anilines is 1. The summed E-state index contributed by atoms with van der Waals surface area (Å²) in [4.78, 5) is 22.5. The largest absolute Gasteiger partial charge is 0.295 e. The summed E-state index contributed by atoms with van der Waals surface area (Å²) in [6, 6.07) is 6.12. The van der Waals surface area contributed by atoms with Crippen molar-refractivity contribution >= 4 is 23.0 Å². The molecular weight excluding hydrogens is 234 g/mol. The third-order valence-corrected chi connectivity index (χ3v) is 2.98. The van der Waals surface area contributed by atoms with Crippen molar-refractivity contribution < 1.29 is 9.72 Å². The minimum Gasteiger partial charge on any atom is -0.272 e. The summed E-state index contributed by atoms with van der Waals surface area (Å²) in [6.45, 7) is 3.66. The Morgan fingerprint density at radius 3 is 2.67 bits per heavy atom. The minimum absolute atomic E-state index is 0.112. The average molecular weight is 247 g/mol. The quantitative estimate of drug-likeness (QED) is 0.607. The van der Waals surface area contributed by atoms with Crippen LogP contribution in [0.5, 0.6) is 0 Å². The molecule has 0 aliphatic carbocycles. The van der Waals surface area contributed by atoms with Crippen molar-refractivity contribution in [3.05, 3.63) is 34.4 Å². The number of hydrazone groups is 1. The number of hydrogen-bond donors (Lipinski definition) is 0. The number of rotatable bonds is 3. The first-order valence-electron chi connectivity index (χ1n) is 5.68. The van der Waals surface area contributed by atoms with E-state index in [0.29, 0.717) is 12.1 Å². The fourth-order valence-electron chi connectivity index (χ4n) is 2.04. The average Bonchev–Trinajstić information content (AvgIpc) is 2.64. The Kier molecular flexibility index (Phi) is 3.10. The molecule has 6 nitrogen and oxygen atoms in total. The standard InChI is InChI=1S/C12H13N3O3/c1-3-9-8(2)13-14(12(9)16)10-6-4-5-7-11(10)15(17)18/h4-7,9H,3H2,1-2H3. The lowest BCUT2D eigenvalue weighted by molar-refractivity contribution is -0.384. The van der Waals surface area contributed by atoms with E-state index in [0.717, 1.165) is 5.01 Å². The Balaban J connectivity index is 2.46. The van der Waals surface area contributed by atoms with Gasteiger partial charge in [-0.2, -0.15) is 10.1 Å². The first-order chi connectivity index (χ1) is 8.56. The molecule has 2 rings (SSSR count). The van der Waals surface area contributed by atoms with E-state index >= 15 is 0 Å². The second-order valence-electron chi connectivity index (χ2n) is 4.10. The van der Waals surface area contributed by atoms with Crippen LogP contribution in [-0.4, -0.2) is 16.5 Å². The first-order valence-corrected chi connectivity index (χ1v) is 5.68. The number of hydrogen-bond acceptors (Lipinski definition) is 4. The fraction of sp³-hybridized carbons (Fsp3) is 0.333. The molecule has 1 unspecified atom stereocenters. The molecule has 1 aromatic carbocycles. The molecule has 1 aromatic rings. The van der Waals surface area contributed by atoms with Crippen LogP contribution >= 0.6 is 0 Å². The molecule has 1 heterocycles. The van der Waals surface area contributed by atoms with Gasteiger partial charge in [-0.3, -0.25) is 14.9 Å². The monoisotopic (exact) mass is 247 g/mol. The van der Waals surface area contributed by atoms with Gasteiger partial charge in [0.2, 0.25) is 0 Å². The number of benzene rings is 1. The van der Waals surface area contributed by atoms with Crippen molar-refractivity contribution in [2.45, 2.75) is 20.3 Å². The number of nitro groups is 1. The highest BCUT2D eigenvalue weighted by Crippen LogP contribution is 2.32. The summed E-state index contributed by atoms with van der Waals surface area (Å²) in [7, 11) is 0. The smallest absolute Gasteiger partial charge is 0.272 e. The number of nitro benzene ring substituents is 1. The third-order valence-electron chi connectivity index (χ3n) is 2.98. The molecule has 1 atom stereocenters. The van der Waals surface area contributed by atoms with Gasteiger partial charge in [-0.05, 0) is 19.4 Å². The van der Waals surface area contributed by atoms with E-state index in [1.165, 1.54) is 12.1 Å². The molecule has 1 aliphatic rings. The van der Waals surface area contributed by atoms with E-state index in [1.807, 2.05) is 6.92 Å². The Bertz CT molecular complexity index is 539. The Morgan fingerprint density at radius 1 is 1.44 bits per heavy atom. The van der Waals surface area contributed by atoms with Gasteiger partial charge in [0.25, 0.3) is 11.6 Å². The van der Waals surface area contributed by atoms with Gasteiger partial charge >= 0.3 is 0 Å². The number of nitrogens with zero attached hydrogens (tertiary/aromatic N) is 3. The van der Waals surface area contributed by atoms with Crippen molar-refractivity contribution in [1.82, 2.24) is 0 Å². The zero-order valence-electron chi connectivity index (χ0n) is 10.2. The summed E-state index contributed by atoms with van der Waals surface area (Å²) in [5.41, 5.74) is 0.808. The molecule has 0 N–H and O–H groups in total. The summed E-state index contributed by atoms with van der Waals surface area (Å²) in [6.07, 6.45) is 0.644. The van der Waals surface area contributed by atoms with E-state index in [-0.39, 0.29) is 23.2 Å². The highest BCUT2D eigenvalue weighted by molar-refractivity contribution is 6.15. The van der Waals surface area contributed by atoms with Crippen molar-refractivity contribution in [3.8, 4) is 0 Å². The van der Waals surface area contributed by atoms with Gasteiger partial charge < -0.3 is 0 Å². The number of carbonyl (C=O) groups is 1. The van der Waals surface area contributed by atoms with Crippen molar-refractivity contribution in [1.29, 1.82) is 0 Å². The zero-order chi connectivity index (χ0) is 13.3. The van der Waals surface area contributed by atoms with Gasteiger partial charge in [0.1, 0.15) is 5.69 Å². The lowest BCUT2D eigenvalue weighted by Crippen LogP contribution is -2.27. The molecule has 0 saturated heterocycles. The van der Waals surface area contributed by atoms with Gasteiger partial charge in [-0.1, -0.05) is 19.1 Å². The molecule has 6 heteroatoms. The number of para-hydroxylation sites is 2. The van der Waals surface area contributed by atoms with Crippen molar-refractivity contribution in [3.63, 3.8) is 0 Å². The van der Waals surface area contributed by atoms with Gasteiger partial charge in [0.05, 0.1) is 10.8 Å². The van der Waals surface area contributed by atoms with Gasteiger partial charge in [-0.25, -0.2) is 0 Å². The van der Waals surface area contributed by atoms with E-state index < -0.39 is 4.92 Å². The maximum atomic E-state index is 12.1. The van der Waals surface area contributed by atoms with Crippen molar-refractivity contribution in [2.75, 3.05) is 5.01 Å². The topological polar surface area (TPSA) is 75.8 Å². The molecule has 0 aromatic heterocycles. The highest BCUT2D eigenvalue weighted by Gasteiger charge is 2.35. The van der Waals surface area contributed by atoms with E-state index in [9.17, 15) is 14.9 Å². The predicted octanol–water partition coefficient (Wildman–Crippen LogP) is 2.34. The molecule has 0 saturated carbocycles. The molecule has 0 fully saturated rings. The lowest BCUT2D eigenvalue weighted by atomic mass is 10.0. The van der Waals surface area contributed by atoms with Crippen molar-refractivity contribution in [2.24, 2.45) is 11.0 Å². The number of carbonyl (C=O) groups excluding carboxylic acids is 1. The Hall–Kier alpha value is -2.24. The molecule has 0 spiro atoms. The van der Waals surface area contributed by atoms with Crippen LogP contribution in [0, 0.1) is 16.0 Å². The normalized spacial score (nSPS) is 19.0. The lowest BCUT2D eigenvalue weighted by Gasteiger charge is -2.13. The molecular formula is C12H13N3O3. The maximum absolute atomic E-state index is 12.1. The molecule has 1 amide bonds. The fourth-order valence-corrected chi connectivity index (χ4v) is 2.04. The van der Waals surface area contributed by atoms with Crippen LogP contribution in [0.25, 0.3) is 0 Å². The second-order valence-corrected chi connectivity index (χ2v) is 4.10. The Labute approximate surface area is 104 Å². The minimum atomic E-state index is -0.507. The number of amides is 1. The van der Waals surface area contributed by atoms with E-state index in [4.69, 9.17) is 0 Å². The Morgan fingerprint density at radius 2 is 2.11 bits per heavy atom. The predicted molar refractivity (Wildman–Crippen MR) is 67.5 cm³/mol. The van der Waals surface area contributed by atoms with Crippen LogP contribution in [0.1, 0.15) is 20.3 Å². The van der Waals surface area contributed by atoms with Crippen LogP contribution in [-0.2, 0) is 4.79 Å². The van der Waals surface area contributed by atoms with E-state index in [2.05, 4.69) is 5.10 Å². The third kappa shape index (κ3) is 1.85. The summed E-state index contributed by atoms with van der Waals surface area (Å²) < 4.78 is 0. The maximum Gasteiger partial charge on any atom is 0.295 e. The van der Waals surface area contributed by atoms with Gasteiger partial charge in [-0.15, -0.1) is 0 Å². The SMILES string of the molecule is CCC1C(=O)N(c2ccccc2[N+](=O)[O-])N=C1C. The van der Waals surface area contributed by atoms with Crippen LogP contribution < -0.4 is 5.01 Å². The molecule has 0 bridgehead atoms. The molecule has 94 valence electrons. The van der Waals surface area contributed by atoms with Crippen LogP contribution in [0.15, 0.2) is 29.4 Å². The van der Waals surface area contributed by atoms with Gasteiger partial charge in [0, 0.05) is 11.8 Å².